The summed E-state index contributed by atoms with van der Waals surface area (Å²) in [6.07, 6.45) is -1.82. The van der Waals surface area contributed by atoms with E-state index >= 15 is 0 Å². The molecule has 2 N–H and O–H groups in total. The molecule has 1 unspecified atom stereocenters. The smallest absolute Gasteiger partial charge is 0.348 e. The Labute approximate surface area is 129 Å². The first-order valence-corrected chi connectivity index (χ1v) is 7.55. The van der Waals surface area contributed by atoms with Crippen molar-refractivity contribution < 1.29 is 18.0 Å². The summed E-state index contributed by atoms with van der Waals surface area (Å²) in [4.78, 5) is 12.1. The molecule has 0 spiro atoms. The molecule has 3 nitrogen and oxygen atoms in total. The van der Waals surface area contributed by atoms with Crippen molar-refractivity contribution in [2.75, 3.05) is 13.1 Å². The van der Waals surface area contributed by atoms with Crippen LogP contribution in [0, 0.1) is 0 Å². The monoisotopic (exact) mass is 364 g/mol. The van der Waals surface area contributed by atoms with Crippen molar-refractivity contribution in [2.45, 2.75) is 31.5 Å². The molecule has 1 aliphatic rings. The van der Waals surface area contributed by atoms with Gasteiger partial charge in [0.2, 0.25) is 0 Å². The van der Waals surface area contributed by atoms with Crippen molar-refractivity contribution in [3.8, 4) is 0 Å². The van der Waals surface area contributed by atoms with E-state index in [0.29, 0.717) is 11.0 Å². The van der Waals surface area contributed by atoms with Crippen LogP contribution in [-0.2, 0) is 6.18 Å². The molecule has 0 saturated carbocycles. The van der Waals surface area contributed by atoms with Crippen molar-refractivity contribution in [3.63, 3.8) is 0 Å². The highest BCUT2D eigenvalue weighted by molar-refractivity contribution is 9.10. The molecule has 1 atom stereocenters. The van der Waals surface area contributed by atoms with E-state index in [9.17, 15) is 18.0 Å². The molecule has 1 aromatic rings. The minimum absolute atomic E-state index is 0.135. The Bertz CT molecular complexity index is 511. The Morgan fingerprint density at radius 2 is 2.10 bits per heavy atom. The first kappa shape index (κ1) is 16.3. The van der Waals surface area contributed by atoms with Crippen LogP contribution in [0.1, 0.15) is 35.2 Å². The SMILES string of the molecule is O=C(NC1CCCCNC1)c1ccc(Br)cc1C(F)(F)F. The van der Waals surface area contributed by atoms with Crippen LogP contribution in [0.5, 0.6) is 0 Å². The van der Waals surface area contributed by atoms with Gasteiger partial charge in [0.15, 0.2) is 0 Å². The lowest BCUT2D eigenvalue weighted by molar-refractivity contribution is -0.138. The number of hydrogen-bond donors (Lipinski definition) is 2. The zero-order valence-corrected chi connectivity index (χ0v) is 12.9. The molecule has 0 bridgehead atoms. The number of benzene rings is 1. The van der Waals surface area contributed by atoms with Crippen molar-refractivity contribution in [3.05, 3.63) is 33.8 Å². The summed E-state index contributed by atoms with van der Waals surface area (Å²) in [6.45, 7) is 1.46. The van der Waals surface area contributed by atoms with Gasteiger partial charge < -0.3 is 10.6 Å². The molecule has 7 heteroatoms. The van der Waals surface area contributed by atoms with Crippen molar-refractivity contribution in [1.82, 2.24) is 10.6 Å². The fourth-order valence-electron chi connectivity index (χ4n) is 2.35. The van der Waals surface area contributed by atoms with Crippen molar-refractivity contribution >= 4 is 21.8 Å². The molecule has 1 aliphatic heterocycles. The maximum atomic E-state index is 13.0. The molecule has 0 aromatic heterocycles. The van der Waals surface area contributed by atoms with Crippen LogP contribution in [0.15, 0.2) is 22.7 Å². The average Bonchev–Trinajstić information content (AvgIpc) is 2.66. The van der Waals surface area contributed by atoms with Gasteiger partial charge in [0.1, 0.15) is 0 Å². The summed E-state index contributed by atoms with van der Waals surface area (Å²) >= 11 is 3.01. The van der Waals surface area contributed by atoms with Crippen LogP contribution in [0.2, 0.25) is 0 Å². The van der Waals surface area contributed by atoms with Gasteiger partial charge >= 0.3 is 6.18 Å². The van der Waals surface area contributed by atoms with Gasteiger partial charge in [-0.25, -0.2) is 0 Å². The van der Waals surface area contributed by atoms with Gasteiger partial charge in [0.05, 0.1) is 11.1 Å². The summed E-state index contributed by atoms with van der Waals surface area (Å²) < 4.78 is 39.4. The lowest BCUT2D eigenvalue weighted by atomic mass is 10.1. The standard InChI is InChI=1S/C14H16BrF3N2O/c15-9-4-5-11(12(7-9)14(16,17)18)13(21)20-10-3-1-2-6-19-8-10/h4-5,7,10,19H,1-3,6,8H2,(H,20,21). The predicted octanol–water partition coefficient (Wildman–Crippen LogP) is 3.34. The van der Waals surface area contributed by atoms with Crippen LogP contribution in [0.4, 0.5) is 13.2 Å². The maximum absolute atomic E-state index is 13.0. The van der Waals surface area contributed by atoms with Gasteiger partial charge in [-0.1, -0.05) is 22.4 Å². The number of halogens is 4. The number of rotatable bonds is 2. The number of carbonyl (C=O) groups is 1. The quantitative estimate of drug-likeness (QED) is 0.844. The Balaban J connectivity index is 2.18. The molecular formula is C14H16BrF3N2O. The lowest BCUT2D eigenvalue weighted by Crippen LogP contribution is -2.41. The third kappa shape index (κ3) is 4.44. The molecule has 1 heterocycles. The molecule has 1 amide bonds. The lowest BCUT2D eigenvalue weighted by Gasteiger charge is -2.18. The molecule has 1 saturated heterocycles. The summed E-state index contributed by atoms with van der Waals surface area (Å²) in [6, 6.07) is 3.44. The Kier molecular flexibility index (Phi) is 5.27. The number of nitrogens with one attached hydrogen (secondary N) is 2. The van der Waals surface area contributed by atoms with Gasteiger partial charge in [0.25, 0.3) is 5.91 Å². The van der Waals surface area contributed by atoms with Gasteiger partial charge in [-0.2, -0.15) is 13.2 Å². The number of amides is 1. The second-order valence-corrected chi connectivity index (χ2v) is 5.97. The molecule has 21 heavy (non-hydrogen) atoms. The van der Waals surface area contributed by atoms with Crippen LogP contribution in [0.25, 0.3) is 0 Å². The average molecular weight is 365 g/mol. The first-order valence-electron chi connectivity index (χ1n) is 6.76. The molecular weight excluding hydrogens is 349 g/mol. The second kappa shape index (κ2) is 6.79. The molecule has 0 radical (unpaired) electrons. The van der Waals surface area contributed by atoms with E-state index in [4.69, 9.17) is 0 Å². The normalized spacial score (nSPS) is 19.9. The summed E-state index contributed by atoms with van der Waals surface area (Å²) in [5.41, 5.74) is -1.26. The van der Waals surface area contributed by atoms with Crippen molar-refractivity contribution in [1.29, 1.82) is 0 Å². The second-order valence-electron chi connectivity index (χ2n) is 5.06. The fourth-order valence-corrected chi connectivity index (χ4v) is 2.72. The van der Waals surface area contributed by atoms with E-state index in [2.05, 4.69) is 26.6 Å². The minimum Gasteiger partial charge on any atom is -0.348 e. The number of alkyl halides is 3. The molecule has 116 valence electrons. The van der Waals surface area contributed by atoms with Crippen molar-refractivity contribution in [2.24, 2.45) is 0 Å². The Hall–Kier alpha value is -1.08. The molecule has 2 rings (SSSR count). The maximum Gasteiger partial charge on any atom is 0.417 e. The predicted molar refractivity (Wildman–Crippen MR) is 77.1 cm³/mol. The Morgan fingerprint density at radius 1 is 1.33 bits per heavy atom. The van der Waals surface area contributed by atoms with Crippen LogP contribution in [-0.4, -0.2) is 25.0 Å². The highest BCUT2D eigenvalue weighted by Gasteiger charge is 2.35. The van der Waals surface area contributed by atoms with Gasteiger partial charge in [0, 0.05) is 17.1 Å². The van der Waals surface area contributed by atoms with Gasteiger partial charge in [-0.05, 0) is 37.6 Å². The van der Waals surface area contributed by atoms with Gasteiger partial charge in [-0.3, -0.25) is 4.79 Å². The van der Waals surface area contributed by atoms with Crippen LogP contribution >= 0.6 is 15.9 Å². The van der Waals surface area contributed by atoms with E-state index in [-0.39, 0.29) is 11.6 Å². The van der Waals surface area contributed by atoms with E-state index in [0.717, 1.165) is 31.9 Å². The summed E-state index contributed by atoms with van der Waals surface area (Å²) in [5.74, 6) is -0.677. The van der Waals surface area contributed by atoms with E-state index in [1.807, 2.05) is 0 Å². The summed E-state index contributed by atoms with van der Waals surface area (Å²) in [5, 5.41) is 5.85. The van der Waals surface area contributed by atoms with Crippen LogP contribution < -0.4 is 10.6 Å². The largest absolute Gasteiger partial charge is 0.417 e. The van der Waals surface area contributed by atoms with E-state index < -0.39 is 17.6 Å². The zero-order valence-electron chi connectivity index (χ0n) is 11.3. The third-order valence-electron chi connectivity index (χ3n) is 3.41. The topological polar surface area (TPSA) is 41.1 Å². The third-order valence-corrected chi connectivity index (χ3v) is 3.91. The number of hydrogen-bond acceptors (Lipinski definition) is 2. The first-order chi connectivity index (χ1) is 9.88. The Morgan fingerprint density at radius 3 is 2.81 bits per heavy atom. The number of carbonyl (C=O) groups excluding carboxylic acids is 1. The summed E-state index contributed by atoms with van der Waals surface area (Å²) in [7, 11) is 0. The van der Waals surface area contributed by atoms with Gasteiger partial charge in [-0.15, -0.1) is 0 Å². The van der Waals surface area contributed by atoms with E-state index in [1.165, 1.54) is 12.1 Å². The fraction of sp³-hybridized carbons (Fsp3) is 0.500. The molecule has 1 aromatic carbocycles. The van der Waals surface area contributed by atoms with Crippen LogP contribution in [0.3, 0.4) is 0 Å². The minimum atomic E-state index is -4.56. The zero-order chi connectivity index (χ0) is 15.5. The molecule has 0 aliphatic carbocycles. The highest BCUT2D eigenvalue weighted by atomic mass is 79.9. The van der Waals surface area contributed by atoms with E-state index in [1.54, 1.807) is 0 Å². The molecule has 1 fully saturated rings. The highest BCUT2D eigenvalue weighted by Crippen LogP contribution is 2.33.